The number of aliphatic hydroxyl groups excluding tert-OH is 1. The summed E-state index contributed by atoms with van der Waals surface area (Å²) < 4.78 is 0. The fraction of sp³-hybridized carbons (Fsp3) is 1.00. The van der Waals surface area contributed by atoms with Gasteiger partial charge in [-0.3, -0.25) is 4.90 Å². The smallest absolute Gasteiger partial charge is 0.0609 e. The minimum atomic E-state index is -0.0828. The van der Waals surface area contributed by atoms with Gasteiger partial charge in [-0.15, -0.1) is 0 Å². The Kier molecular flexibility index (Phi) is 5.22. The molecule has 0 saturated carbocycles. The molecule has 0 bridgehead atoms. The van der Waals surface area contributed by atoms with E-state index in [-0.39, 0.29) is 12.1 Å². The lowest BCUT2D eigenvalue weighted by Crippen LogP contribution is -2.45. The summed E-state index contributed by atoms with van der Waals surface area (Å²) in [6, 6.07) is 0. The van der Waals surface area contributed by atoms with E-state index in [0.29, 0.717) is 0 Å². The van der Waals surface area contributed by atoms with Crippen LogP contribution in [0.1, 0.15) is 33.1 Å². The second-order valence-corrected chi connectivity index (χ2v) is 5.95. The first kappa shape index (κ1) is 13.9. The first-order chi connectivity index (χ1) is 7.45. The molecule has 3 heteroatoms. The molecule has 1 unspecified atom stereocenters. The van der Waals surface area contributed by atoms with Crippen molar-refractivity contribution in [2.45, 2.75) is 38.6 Å². The van der Waals surface area contributed by atoms with Gasteiger partial charge in [0, 0.05) is 12.1 Å². The van der Waals surface area contributed by atoms with Gasteiger partial charge in [-0.05, 0) is 66.2 Å². The van der Waals surface area contributed by atoms with Crippen LogP contribution in [0.15, 0.2) is 0 Å². The molecule has 0 amide bonds. The lowest BCUT2D eigenvalue weighted by atomic mass is 9.94. The van der Waals surface area contributed by atoms with Crippen LogP contribution in [0, 0.1) is 5.92 Å². The summed E-state index contributed by atoms with van der Waals surface area (Å²) in [6.45, 7) is 8.02. The highest BCUT2D eigenvalue weighted by atomic mass is 16.3. The molecule has 96 valence electrons. The molecule has 0 aromatic rings. The summed E-state index contributed by atoms with van der Waals surface area (Å²) in [6.07, 6.45) is 3.97. The van der Waals surface area contributed by atoms with Gasteiger partial charge >= 0.3 is 0 Å². The van der Waals surface area contributed by atoms with Crippen molar-refractivity contribution in [3.05, 3.63) is 0 Å². The molecule has 0 spiro atoms. The van der Waals surface area contributed by atoms with E-state index in [4.69, 9.17) is 0 Å². The highest BCUT2D eigenvalue weighted by molar-refractivity contribution is 4.79. The molecular formula is C13H28N2O. The molecule has 1 atom stereocenters. The molecule has 0 radical (unpaired) electrons. The number of piperidine rings is 1. The lowest BCUT2D eigenvalue weighted by molar-refractivity contribution is 0.0697. The second kappa shape index (κ2) is 5.99. The molecule has 3 nitrogen and oxygen atoms in total. The standard InChI is InChI=1S/C13H28N2O/c1-13(2,11-16)15(4)9-7-12-6-5-8-14(3)10-12/h12,16H,5-11H2,1-4H3. The molecule has 1 aliphatic heterocycles. The topological polar surface area (TPSA) is 26.7 Å². The van der Waals surface area contributed by atoms with Gasteiger partial charge in [0.2, 0.25) is 0 Å². The number of nitrogens with zero attached hydrogens (tertiary/aromatic N) is 2. The van der Waals surface area contributed by atoms with E-state index in [9.17, 15) is 5.11 Å². The van der Waals surface area contributed by atoms with Crippen LogP contribution < -0.4 is 0 Å². The largest absolute Gasteiger partial charge is 0.394 e. The molecule has 0 aromatic heterocycles. The van der Waals surface area contributed by atoms with E-state index in [1.165, 1.54) is 32.4 Å². The highest BCUT2D eigenvalue weighted by Gasteiger charge is 2.24. The quantitative estimate of drug-likeness (QED) is 0.771. The van der Waals surface area contributed by atoms with Crippen LogP contribution in [-0.4, -0.2) is 60.8 Å². The Balaban J connectivity index is 2.28. The van der Waals surface area contributed by atoms with Crippen molar-refractivity contribution >= 4 is 0 Å². The average molecular weight is 228 g/mol. The molecule has 16 heavy (non-hydrogen) atoms. The third-order valence-electron chi connectivity index (χ3n) is 4.02. The van der Waals surface area contributed by atoms with E-state index in [1.807, 2.05) is 0 Å². The van der Waals surface area contributed by atoms with Gasteiger partial charge in [0.05, 0.1) is 6.61 Å². The fourth-order valence-electron chi connectivity index (χ4n) is 2.31. The predicted molar refractivity (Wildman–Crippen MR) is 68.6 cm³/mol. The van der Waals surface area contributed by atoms with Gasteiger partial charge in [-0.1, -0.05) is 0 Å². The summed E-state index contributed by atoms with van der Waals surface area (Å²) in [5.41, 5.74) is -0.0828. The lowest BCUT2D eigenvalue weighted by Gasteiger charge is -2.36. The molecule has 1 fully saturated rings. The van der Waals surface area contributed by atoms with Crippen molar-refractivity contribution in [2.75, 3.05) is 40.3 Å². The first-order valence-corrected chi connectivity index (χ1v) is 6.46. The van der Waals surface area contributed by atoms with Crippen LogP contribution in [0.25, 0.3) is 0 Å². The zero-order valence-electron chi connectivity index (χ0n) is 11.4. The monoisotopic (exact) mass is 228 g/mol. The number of hydrogen-bond donors (Lipinski definition) is 1. The van der Waals surface area contributed by atoms with Crippen LogP contribution in [0.3, 0.4) is 0 Å². The Morgan fingerprint density at radius 2 is 2.12 bits per heavy atom. The van der Waals surface area contributed by atoms with Crippen molar-refractivity contribution in [2.24, 2.45) is 5.92 Å². The van der Waals surface area contributed by atoms with Crippen molar-refractivity contribution in [1.82, 2.24) is 9.80 Å². The minimum Gasteiger partial charge on any atom is -0.394 e. The summed E-state index contributed by atoms with van der Waals surface area (Å²) in [5.74, 6) is 0.843. The van der Waals surface area contributed by atoms with Crippen LogP contribution in [0.4, 0.5) is 0 Å². The minimum absolute atomic E-state index is 0.0828. The van der Waals surface area contributed by atoms with Gasteiger partial charge in [0.15, 0.2) is 0 Å². The number of likely N-dealkylation sites (tertiary alicyclic amines) is 1. The van der Waals surface area contributed by atoms with E-state index >= 15 is 0 Å². The summed E-state index contributed by atoms with van der Waals surface area (Å²) in [4.78, 5) is 4.72. The van der Waals surface area contributed by atoms with Crippen molar-refractivity contribution in [3.8, 4) is 0 Å². The first-order valence-electron chi connectivity index (χ1n) is 6.46. The fourth-order valence-corrected chi connectivity index (χ4v) is 2.31. The Morgan fingerprint density at radius 1 is 1.44 bits per heavy atom. The maximum absolute atomic E-state index is 9.29. The Hall–Kier alpha value is -0.120. The Labute approximate surface area is 100 Å². The zero-order chi connectivity index (χ0) is 12.2. The average Bonchev–Trinajstić information content (AvgIpc) is 2.26. The summed E-state index contributed by atoms with van der Waals surface area (Å²) in [7, 11) is 4.33. The van der Waals surface area contributed by atoms with Gasteiger partial charge < -0.3 is 10.0 Å². The van der Waals surface area contributed by atoms with Gasteiger partial charge in [-0.2, -0.15) is 0 Å². The van der Waals surface area contributed by atoms with Crippen molar-refractivity contribution < 1.29 is 5.11 Å². The molecule has 1 heterocycles. The van der Waals surface area contributed by atoms with Gasteiger partial charge in [0.25, 0.3) is 0 Å². The van der Waals surface area contributed by atoms with E-state index in [2.05, 4.69) is 37.7 Å². The summed E-state index contributed by atoms with van der Waals surface area (Å²) in [5, 5.41) is 9.29. The molecule has 0 aliphatic carbocycles. The number of likely N-dealkylation sites (N-methyl/N-ethyl adjacent to an activating group) is 1. The van der Waals surface area contributed by atoms with Crippen LogP contribution in [-0.2, 0) is 0 Å². The zero-order valence-corrected chi connectivity index (χ0v) is 11.4. The van der Waals surface area contributed by atoms with E-state index in [1.54, 1.807) is 0 Å². The van der Waals surface area contributed by atoms with Crippen molar-refractivity contribution in [3.63, 3.8) is 0 Å². The number of aliphatic hydroxyl groups is 1. The number of rotatable bonds is 5. The third-order valence-corrected chi connectivity index (χ3v) is 4.02. The van der Waals surface area contributed by atoms with Gasteiger partial charge in [0.1, 0.15) is 0 Å². The second-order valence-electron chi connectivity index (χ2n) is 5.95. The van der Waals surface area contributed by atoms with Crippen molar-refractivity contribution in [1.29, 1.82) is 0 Å². The van der Waals surface area contributed by atoms with Crippen LogP contribution in [0.2, 0.25) is 0 Å². The maximum atomic E-state index is 9.29. The predicted octanol–water partition coefficient (Wildman–Crippen LogP) is 1.42. The number of hydrogen-bond acceptors (Lipinski definition) is 3. The SMILES string of the molecule is CN1CCCC(CCN(C)C(C)(C)CO)C1. The molecule has 1 aliphatic rings. The van der Waals surface area contributed by atoms with E-state index in [0.717, 1.165) is 12.5 Å². The molecule has 0 aromatic carbocycles. The molecule has 1 saturated heterocycles. The molecule has 1 N–H and O–H groups in total. The maximum Gasteiger partial charge on any atom is 0.0609 e. The Morgan fingerprint density at radius 3 is 2.69 bits per heavy atom. The highest BCUT2D eigenvalue weighted by Crippen LogP contribution is 2.20. The van der Waals surface area contributed by atoms with Gasteiger partial charge in [-0.25, -0.2) is 0 Å². The van der Waals surface area contributed by atoms with Crippen LogP contribution >= 0.6 is 0 Å². The normalized spacial score (nSPS) is 24.0. The Bertz CT molecular complexity index is 206. The van der Waals surface area contributed by atoms with E-state index < -0.39 is 0 Å². The molecular weight excluding hydrogens is 200 g/mol. The summed E-state index contributed by atoms with van der Waals surface area (Å²) >= 11 is 0. The molecule has 1 rings (SSSR count). The third kappa shape index (κ3) is 4.04. The van der Waals surface area contributed by atoms with Crippen LogP contribution in [0.5, 0.6) is 0 Å².